The van der Waals surface area contributed by atoms with Crippen molar-refractivity contribution in [2.24, 2.45) is 0 Å². The van der Waals surface area contributed by atoms with E-state index in [2.05, 4.69) is 12.2 Å². The normalized spacial score (nSPS) is 16.9. The van der Waals surface area contributed by atoms with Gasteiger partial charge in [-0.05, 0) is 25.5 Å². The Morgan fingerprint density at radius 3 is 2.78 bits per heavy atom. The highest BCUT2D eigenvalue weighted by Crippen LogP contribution is 2.25. The van der Waals surface area contributed by atoms with E-state index in [1.165, 1.54) is 0 Å². The number of hydrogen-bond acceptors (Lipinski definition) is 2. The highest BCUT2D eigenvalue weighted by molar-refractivity contribution is 6.09. The third-order valence-corrected chi connectivity index (χ3v) is 3.22. The van der Waals surface area contributed by atoms with Gasteiger partial charge in [-0.1, -0.05) is 25.5 Å². The summed E-state index contributed by atoms with van der Waals surface area (Å²) in [5, 5.41) is 2.65. The molecule has 4 heteroatoms. The molecule has 0 saturated heterocycles. The molecule has 0 fully saturated rings. The quantitative estimate of drug-likeness (QED) is 0.886. The zero-order valence-corrected chi connectivity index (χ0v) is 10.8. The number of carbonyl (C=O) groups excluding carboxylic acids is 2. The summed E-state index contributed by atoms with van der Waals surface area (Å²) in [5.74, 6) is -0.223. The number of para-hydroxylation sites is 1. The first kappa shape index (κ1) is 12.6. The molecule has 0 aliphatic carbocycles. The molecule has 4 nitrogen and oxygen atoms in total. The van der Waals surface area contributed by atoms with Gasteiger partial charge < -0.3 is 10.2 Å². The maximum atomic E-state index is 12.2. The molecule has 1 aliphatic rings. The number of nitrogens with one attached hydrogen (secondary N) is 1. The van der Waals surface area contributed by atoms with Gasteiger partial charge >= 0.3 is 0 Å². The van der Waals surface area contributed by atoms with Crippen molar-refractivity contribution in [1.82, 2.24) is 5.32 Å². The summed E-state index contributed by atoms with van der Waals surface area (Å²) in [6.45, 7) is 4.18. The van der Waals surface area contributed by atoms with Crippen LogP contribution in [-0.4, -0.2) is 24.4 Å². The lowest BCUT2D eigenvalue weighted by Crippen LogP contribution is -2.42. The van der Waals surface area contributed by atoms with E-state index in [0.717, 1.165) is 18.5 Å². The SMILES string of the molecule is CCCC(C)N1C(=O)CNC(=O)c2ccccc21. The van der Waals surface area contributed by atoms with Crippen molar-refractivity contribution in [3.63, 3.8) is 0 Å². The average molecular weight is 246 g/mol. The van der Waals surface area contributed by atoms with Crippen molar-refractivity contribution in [2.75, 3.05) is 11.4 Å². The van der Waals surface area contributed by atoms with Crippen LogP contribution in [0.3, 0.4) is 0 Å². The predicted octanol–water partition coefficient (Wildman–Crippen LogP) is 1.95. The zero-order chi connectivity index (χ0) is 13.1. The average Bonchev–Trinajstić information content (AvgIpc) is 2.48. The molecular formula is C14H18N2O2. The molecule has 1 N–H and O–H groups in total. The van der Waals surface area contributed by atoms with Gasteiger partial charge in [0.25, 0.3) is 5.91 Å². The number of carbonyl (C=O) groups is 2. The van der Waals surface area contributed by atoms with Crippen molar-refractivity contribution in [1.29, 1.82) is 0 Å². The van der Waals surface area contributed by atoms with Crippen LogP contribution >= 0.6 is 0 Å². The van der Waals surface area contributed by atoms with Crippen LogP contribution in [0, 0.1) is 0 Å². The zero-order valence-electron chi connectivity index (χ0n) is 10.8. The largest absolute Gasteiger partial charge is 0.343 e. The number of benzene rings is 1. The fourth-order valence-electron chi connectivity index (χ4n) is 2.38. The number of nitrogens with zero attached hydrogens (tertiary/aromatic N) is 1. The van der Waals surface area contributed by atoms with Crippen LogP contribution in [-0.2, 0) is 4.79 Å². The van der Waals surface area contributed by atoms with Gasteiger partial charge in [0.2, 0.25) is 5.91 Å². The maximum absolute atomic E-state index is 12.2. The van der Waals surface area contributed by atoms with E-state index in [0.29, 0.717) is 5.56 Å². The second kappa shape index (κ2) is 5.21. The van der Waals surface area contributed by atoms with Gasteiger partial charge in [-0.2, -0.15) is 0 Å². The Hall–Kier alpha value is -1.84. The summed E-state index contributed by atoms with van der Waals surface area (Å²) in [7, 11) is 0. The topological polar surface area (TPSA) is 49.4 Å². The molecule has 18 heavy (non-hydrogen) atoms. The third-order valence-electron chi connectivity index (χ3n) is 3.22. The summed E-state index contributed by atoms with van der Waals surface area (Å²) in [5.41, 5.74) is 1.30. The first-order chi connectivity index (χ1) is 8.65. The predicted molar refractivity (Wildman–Crippen MR) is 70.6 cm³/mol. The van der Waals surface area contributed by atoms with E-state index < -0.39 is 0 Å². The number of amides is 2. The summed E-state index contributed by atoms with van der Waals surface area (Å²) in [4.78, 5) is 25.8. The van der Waals surface area contributed by atoms with Crippen LogP contribution < -0.4 is 10.2 Å². The van der Waals surface area contributed by atoms with Crippen LogP contribution in [0.4, 0.5) is 5.69 Å². The van der Waals surface area contributed by atoms with E-state index in [9.17, 15) is 9.59 Å². The number of rotatable bonds is 3. The van der Waals surface area contributed by atoms with E-state index >= 15 is 0 Å². The van der Waals surface area contributed by atoms with Crippen LogP contribution in [0.5, 0.6) is 0 Å². The van der Waals surface area contributed by atoms with Gasteiger partial charge in [-0.3, -0.25) is 9.59 Å². The van der Waals surface area contributed by atoms with E-state index in [4.69, 9.17) is 0 Å². The van der Waals surface area contributed by atoms with Gasteiger partial charge in [0, 0.05) is 6.04 Å². The molecule has 0 bridgehead atoms. The second-order valence-electron chi connectivity index (χ2n) is 4.60. The first-order valence-electron chi connectivity index (χ1n) is 6.34. The van der Waals surface area contributed by atoms with Crippen LogP contribution in [0.15, 0.2) is 24.3 Å². The van der Waals surface area contributed by atoms with Gasteiger partial charge in [0.1, 0.15) is 0 Å². The fourth-order valence-corrected chi connectivity index (χ4v) is 2.38. The molecule has 0 spiro atoms. The number of anilines is 1. The van der Waals surface area contributed by atoms with E-state index in [1.54, 1.807) is 11.0 Å². The molecule has 0 aromatic heterocycles. The highest BCUT2D eigenvalue weighted by atomic mass is 16.2. The summed E-state index contributed by atoms with van der Waals surface area (Å²) in [6.07, 6.45) is 1.93. The standard InChI is InChI=1S/C14H18N2O2/c1-3-6-10(2)16-12-8-5-4-7-11(12)14(18)15-9-13(16)17/h4-5,7-8,10H,3,6,9H2,1-2H3,(H,15,18). The second-order valence-corrected chi connectivity index (χ2v) is 4.60. The summed E-state index contributed by atoms with van der Waals surface area (Å²) >= 11 is 0. The molecule has 2 rings (SSSR count). The van der Waals surface area contributed by atoms with Gasteiger partial charge in [-0.25, -0.2) is 0 Å². The maximum Gasteiger partial charge on any atom is 0.253 e. The molecule has 0 saturated carbocycles. The minimum atomic E-state index is -0.176. The Kier molecular flexibility index (Phi) is 3.65. The molecule has 0 radical (unpaired) electrons. The van der Waals surface area contributed by atoms with Gasteiger partial charge in [0.05, 0.1) is 17.8 Å². The Morgan fingerprint density at radius 2 is 2.06 bits per heavy atom. The fraction of sp³-hybridized carbons (Fsp3) is 0.429. The van der Waals surface area contributed by atoms with E-state index in [1.807, 2.05) is 25.1 Å². The van der Waals surface area contributed by atoms with Crippen LogP contribution in [0.2, 0.25) is 0 Å². The van der Waals surface area contributed by atoms with Crippen molar-refractivity contribution < 1.29 is 9.59 Å². The summed E-state index contributed by atoms with van der Waals surface area (Å²) in [6, 6.07) is 7.38. The molecule has 1 aromatic carbocycles. The van der Waals surface area contributed by atoms with Crippen LogP contribution in [0.25, 0.3) is 0 Å². The monoisotopic (exact) mass is 246 g/mol. The number of hydrogen-bond donors (Lipinski definition) is 1. The molecule has 1 atom stereocenters. The van der Waals surface area contributed by atoms with Crippen LogP contribution in [0.1, 0.15) is 37.0 Å². The molecule has 1 unspecified atom stereocenters. The molecule has 1 heterocycles. The smallest absolute Gasteiger partial charge is 0.253 e. The lowest BCUT2D eigenvalue weighted by atomic mass is 10.1. The Morgan fingerprint density at radius 1 is 1.33 bits per heavy atom. The van der Waals surface area contributed by atoms with Crippen molar-refractivity contribution >= 4 is 17.5 Å². The Balaban J connectivity index is 2.46. The Labute approximate surface area is 107 Å². The van der Waals surface area contributed by atoms with Crippen molar-refractivity contribution in [3.8, 4) is 0 Å². The Bertz CT molecular complexity index is 471. The van der Waals surface area contributed by atoms with Gasteiger partial charge in [0.15, 0.2) is 0 Å². The summed E-state index contributed by atoms with van der Waals surface area (Å²) < 4.78 is 0. The molecule has 2 amide bonds. The minimum absolute atomic E-state index is 0.0470. The number of fused-ring (bicyclic) bond motifs is 1. The first-order valence-corrected chi connectivity index (χ1v) is 6.34. The molecular weight excluding hydrogens is 228 g/mol. The third kappa shape index (κ3) is 2.23. The minimum Gasteiger partial charge on any atom is -0.343 e. The molecule has 1 aromatic rings. The van der Waals surface area contributed by atoms with E-state index in [-0.39, 0.29) is 24.4 Å². The highest BCUT2D eigenvalue weighted by Gasteiger charge is 2.28. The lowest BCUT2D eigenvalue weighted by Gasteiger charge is -2.28. The molecule has 96 valence electrons. The lowest BCUT2D eigenvalue weighted by molar-refractivity contribution is -0.118. The van der Waals surface area contributed by atoms with Crippen molar-refractivity contribution in [3.05, 3.63) is 29.8 Å². The van der Waals surface area contributed by atoms with Crippen molar-refractivity contribution in [2.45, 2.75) is 32.7 Å². The van der Waals surface area contributed by atoms with Gasteiger partial charge in [-0.15, -0.1) is 0 Å². The molecule has 1 aliphatic heterocycles.